The molecule has 0 aliphatic rings. The molecule has 0 aromatic heterocycles. The molecule has 0 aliphatic heterocycles. The average Bonchev–Trinajstić information content (AvgIpc) is 2.66. The van der Waals surface area contributed by atoms with Crippen LogP contribution in [0.1, 0.15) is 59.4 Å². The van der Waals surface area contributed by atoms with Gasteiger partial charge < -0.3 is 14.8 Å². The zero-order valence-corrected chi connectivity index (χ0v) is 20.2. The van der Waals surface area contributed by atoms with Gasteiger partial charge in [-0.2, -0.15) is 0 Å². The van der Waals surface area contributed by atoms with E-state index in [9.17, 15) is 22.8 Å². The summed E-state index contributed by atoms with van der Waals surface area (Å²) in [5, 5.41) is 2.58. The van der Waals surface area contributed by atoms with Gasteiger partial charge in [0, 0.05) is 5.69 Å². The number of unbranched alkanes of at least 4 members (excludes halogenated alkanes) is 1. The lowest BCUT2D eigenvalue weighted by molar-refractivity contribution is -0.157. The molecule has 1 amide bonds. The third-order valence-corrected chi connectivity index (χ3v) is 5.54. The van der Waals surface area contributed by atoms with Gasteiger partial charge in [-0.1, -0.05) is 25.5 Å². The van der Waals surface area contributed by atoms with Gasteiger partial charge in [-0.25, -0.2) is 13.1 Å². The summed E-state index contributed by atoms with van der Waals surface area (Å²) in [6.07, 6.45) is 0.880. The first kappa shape index (κ1) is 27.6. The largest absolute Gasteiger partial charge is 0.466 e. The van der Waals surface area contributed by atoms with Crippen LogP contribution in [0.5, 0.6) is 0 Å². The van der Waals surface area contributed by atoms with E-state index in [0.29, 0.717) is 24.1 Å². The van der Waals surface area contributed by atoms with Crippen molar-refractivity contribution in [1.82, 2.24) is 4.72 Å². The summed E-state index contributed by atoms with van der Waals surface area (Å²) in [4.78, 5) is 35.9. The number of ether oxygens (including phenoxy) is 2. The van der Waals surface area contributed by atoms with E-state index in [2.05, 4.69) is 10.0 Å². The van der Waals surface area contributed by atoms with Crippen LogP contribution < -0.4 is 10.0 Å². The molecule has 0 heterocycles. The van der Waals surface area contributed by atoms with Crippen molar-refractivity contribution in [2.24, 2.45) is 0 Å². The van der Waals surface area contributed by atoms with Crippen molar-refractivity contribution in [1.29, 1.82) is 0 Å². The van der Waals surface area contributed by atoms with E-state index in [1.807, 2.05) is 6.92 Å². The van der Waals surface area contributed by atoms with E-state index in [0.717, 1.165) is 0 Å². The molecule has 180 valence electrons. The molecule has 0 unspecified atom stereocenters. The van der Waals surface area contributed by atoms with E-state index >= 15 is 0 Å². The van der Waals surface area contributed by atoms with Gasteiger partial charge in [-0.05, 0) is 58.2 Å². The Bertz CT molecular complexity index is 875. The van der Waals surface area contributed by atoms with Crippen LogP contribution in [0.25, 0.3) is 0 Å². The fraction of sp³-hybridized carbons (Fsp3) is 0.591. The molecule has 0 spiro atoms. The summed E-state index contributed by atoms with van der Waals surface area (Å²) in [6, 6.07) is 5.46. The quantitative estimate of drug-likeness (QED) is 0.355. The summed E-state index contributed by atoms with van der Waals surface area (Å²) in [5.74, 6) is -1.86. The Morgan fingerprint density at radius 3 is 2.22 bits per heavy atom. The fourth-order valence-corrected chi connectivity index (χ4v) is 4.06. The highest BCUT2D eigenvalue weighted by molar-refractivity contribution is 7.89. The van der Waals surface area contributed by atoms with Gasteiger partial charge in [-0.3, -0.25) is 14.4 Å². The van der Waals surface area contributed by atoms with E-state index in [1.54, 1.807) is 52.0 Å². The second kappa shape index (κ2) is 12.5. The molecule has 10 heteroatoms. The molecular weight excluding hydrogens is 436 g/mol. The third-order valence-electron chi connectivity index (χ3n) is 4.07. The van der Waals surface area contributed by atoms with Crippen LogP contribution in [0.3, 0.4) is 0 Å². The number of hydrogen-bond donors (Lipinski definition) is 2. The molecule has 0 saturated heterocycles. The Labute approximate surface area is 190 Å². The Kier molecular flexibility index (Phi) is 10.8. The molecule has 0 fully saturated rings. The number of rotatable bonds is 12. The first-order chi connectivity index (χ1) is 14.8. The molecule has 0 aliphatic carbocycles. The van der Waals surface area contributed by atoms with E-state index in [1.165, 1.54) is 0 Å². The van der Waals surface area contributed by atoms with Crippen molar-refractivity contribution in [2.45, 2.75) is 71.9 Å². The molecule has 32 heavy (non-hydrogen) atoms. The number of carbonyl (C=O) groups excluding carboxylic acids is 3. The molecule has 1 aromatic carbocycles. The minimum Gasteiger partial charge on any atom is -0.466 e. The van der Waals surface area contributed by atoms with Gasteiger partial charge in [0.15, 0.2) is 0 Å². The second-order valence-corrected chi connectivity index (χ2v) is 10.2. The number of carbonyl (C=O) groups is 3. The molecule has 1 aromatic rings. The fourth-order valence-electron chi connectivity index (χ4n) is 2.66. The van der Waals surface area contributed by atoms with Crippen molar-refractivity contribution in [3.05, 3.63) is 29.8 Å². The first-order valence-electron chi connectivity index (χ1n) is 10.6. The van der Waals surface area contributed by atoms with E-state index in [4.69, 9.17) is 9.47 Å². The molecule has 1 rings (SSSR count). The molecule has 1 atom stereocenters. The molecule has 9 nitrogen and oxygen atoms in total. The summed E-state index contributed by atoms with van der Waals surface area (Å²) in [6.45, 7) is 8.86. The van der Waals surface area contributed by atoms with Gasteiger partial charge in [0.1, 0.15) is 18.1 Å². The van der Waals surface area contributed by atoms with Gasteiger partial charge in [0.05, 0.1) is 12.4 Å². The summed E-state index contributed by atoms with van der Waals surface area (Å²) in [5.41, 5.74) is 0.361. The van der Waals surface area contributed by atoms with Crippen LogP contribution in [0.2, 0.25) is 0 Å². The molecular formula is C22H34N2O7S. The standard InChI is InChI=1S/C22H34N2O7S/c1-6-8-13-32(28,29)24-18(21(27)31-22(3,4)5)14-16-9-11-17(12-10-16)23-19(25)15-20(26)30-7-2/h9-12,18,24H,6-8,13-15H2,1-5H3,(H,23,25)/t18-/m0/s1. The average molecular weight is 471 g/mol. The van der Waals surface area contributed by atoms with Crippen molar-refractivity contribution in [3.63, 3.8) is 0 Å². The Hall–Kier alpha value is -2.46. The maximum atomic E-state index is 12.6. The van der Waals surface area contributed by atoms with Gasteiger partial charge in [-0.15, -0.1) is 0 Å². The highest BCUT2D eigenvalue weighted by atomic mass is 32.2. The van der Waals surface area contributed by atoms with Crippen molar-refractivity contribution >= 4 is 33.6 Å². The van der Waals surface area contributed by atoms with Gasteiger partial charge in [0.2, 0.25) is 15.9 Å². The SMILES string of the molecule is CCCCS(=O)(=O)N[C@@H](Cc1ccc(NC(=O)CC(=O)OCC)cc1)C(=O)OC(C)(C)C. The third kappa shape index (κ3) is 11.2. The zero-order chi connectivity index (χ0) is 24.4. The van der Waals surface area contributed by atoms with Crippen molar-refractivity contribution in [3.8, 4) is 0 Å². The molecule has 2 N–H and O–H groups in total. The number of amides is 1. The lowest BCUT2D eigenvalue weighted by atomic mass is 10.1. The predicted molar refractivity (Wildman–Crippen MR) is 121 cm³/mol. The second-order valence-electron chi connectivity index (χ2n) is 8.31. The van der Waals surface area contributed by atoms with Crippen LogP contribution >= 0.6 is 0 Å². The first-order valence-corrected chi connectivity index (χ1v) is 12.3. The van der Waals surface area contributed by atoms with Crippen LogP contribution in [0.4, 0.5) is 5.69 Å². The van der Waals surface area contributed by atoms with Crippen LogP contribution in [-0.4, -0.2) is 50.3 Å². The molecule has 0 bridgehead atoms. The highest BCUT2D eigenvalue weighted by Crippen LogP contribution is 2.15. The molecule has 0 radical (unpaired) electrons. The Morgan fingerprint density at radius 1 is 1.06 bits per heavy atom. The van der Waals surface area contributed by atoms with Crippen molar-refractivity contribution in [2.75, 3.05) is 17.7 Å². The van der Waals surface area contributed by atoms with E-state index in [-0.39, 0.29) is 18.8 Å². The minimum atomic E-state index is -3.66. The van der Waals surface area contributed by atoms with Crippen LogP contribution in [-0.2, 0) is 40.3 Å². The number of benzene rings is 1. The number of nitrogens with one attached hydrogen (secondary N) is 2. The topological polar surface area (TPSA) is 128 Å². The number of anilines is 1. The minimum absolute atomic E-state index is 0.0752. The lowest BCUT2D eigenvalue weighted by Gasteiger charge is -2.24. The van der Waals surface area contributed by atoms with Gasteiger partial charge in [0.25, 0.3) is 0 Å². The lowest BCUT2D eigenvalue weighted by Crippen LogP contribution is -2.46. The van der Waals surface area contributed by atoms with Crippen LogP contribution in [0, 0.1) is 0 Å². The monoisotopic (exact) mass is 470 g/mol. The van der Waals surface area contributed by atoms with Crippen LogP contribution in [0.15, 0.2) is 24.3 Å². The number of hydrogen-bond acceptors (Lipinski definition) is 7. The predicted octanol–water partition coefficient (Wildman–Crippen LogP) is 2.55. The number of sulfonamides is 1. The van der Waals surface area contributed by atoms with E-state index < -0.39 is 45.9 Å². The summed E-state index contributed by atoms with van der Waals surface area (Å²) in [7, 11) is -3.66. The highest BCUT2D eigenvalue weighted by Gasteiger charge is 2.29. The Morgan fingerprint density at radius 2 is 1.69 bits per heavy atom. The van der Waals surface area contributed by atoms with Crippen molar-refractivity contribution < 1.29 is 32.3 Å². The Balaban J connectivity index is 2.88. The summed E-state index contributed by atoms with van der Waals surface area (Å²) >= 11 is 0. The summed E-state index contributed by atoms with van der Waals surface area (Å²) < 4.78 is 37.3. The van der Waals surface area contributed by atoms with Gasteiger partial charge >= 0.3 is 11.9 Å². The normalized spacial score (nSPS) is 12.7. The zero-order valence-electron chi connectivity index (χ0n) is 19.4. The number of esters is 2. The molecule has 0 saturated carbocycles. The smallest absolute Gasteiger partial charge is 0.325 e. The maximum absolute atomic E-state index is 12.6. The maximum Gasteiger partial charge on any atom is 0.325 e.